The molecular weight excluding hydrogens is 184 g/mol. The van der Waals surface area contributed by atoms with Crippen LogP contribution in [-0.2, 0) is 14.3 Å². The van der Waals surface area contributed by atoms with Gasteiger partial charge in [-0.2, -0.15) is 0 Å². The van der Waals surface area contributed by atoms with Crippen LogP contribution in [-0.4, -0.2) is 30.1 Å². The summed E-state index contributed by atoms with van der Waals surface area (Å²) in [6.45, 7) is 5.00. The predicted molar refractivity (Wildman–Crippen MR) is 51.6 cm³/mol. The molecule has 0 aromatic rings. The maximum atomic E-state index is 11.6. The van der Waals surface area contributed by atoms with Crippen LogP contribution in [0.3, 0.4) is 0 Å². The van der Waals surface area contributed by atoms with Gasteiger partial charge in [0.1, 0.15) is 5.78 Å². The Balaban J connectivity index is 4.45. The van der Waals surface area contributed by atoms with Gasteiger partial charge in [0.25, 0.3) is 0 Å². The first-order valence-electron chi connectivity index (χ1n) is 4.68. The first-order valence-corrected chi connectivity index (χ1v) is 4.68. The highest BCUT2D eigenvalue weighted by Crippen LogP contribution is 2.16. The number of Topliss-reactive ketones (excluding diaryl/α,β-unsaturated/α-hetero) is 1. The van der Waals surface area contributed by atoms with Gasteiger partial charge in [-0.3, -0.25) is 9.59 Å². The third kappa shape index (κ3) is 3.87. The number of methoxy groups -OCH3 is 1. The van der Waals surface area contributed by atoms with Crippen LogP contribution in [0.4, 0.5) is 0 Å². The summed E-state index contributed by atoms with van der Waals surface area (Å²) in [7, 11) is 1.27. The van der Waals surface area contributed by atoms with E-state index in [9.17, 15) is 14.7 Å². The number of hydrogen-bond donors (Lipinski definition) is 1. The van der Waals surface area contributed by atoms with E-state index in [0.29, 0.717) is 0 Å². The van der Waals surface area contributed by atoms with E-state index in [2.05, 4.69) is 4.74 Å². The van der Waals surface area contributed by atoms with Crippen LogP contribution < -0.4 is 0 Å². The monoisotopic (exact) mass is 202 g/mol. The van der Waals surface area contributed by atoms with Gasteiger partial charge in [0.05, 0.1) is 25.6 Å². The Morgan fingerprint density at radius 3 is 2.07 bits per heavy atom. The molecule has 0 spiro atoms. The molecular formula is C10H18O4. The second kappa shape index (κ2) is 5.75. The third-order valence-electron chi connectivity index (χ3n) is 2.13. The average molecular weight is 202 g/mol. The molecule has 0 aromatic heterocycles. The Hall–Kier alpha value is -0.900. The van der Waals surface area contributed by atoms with Crippen molar-refractivity contribution in [3.05, 3.63) is 0 Å². The Labute approximate surface area is 84.3 Å². The van der Waals surface area contributed by atoms with Crippen molar-refractivity contribution >= 4 is 11.8 Å². The van der Waals surface area contributed by atoms with Crippen LogP contribution in [0.15, 0.2) is 0 Å². The summed E-state index contributed by atoms with van der Waals surface area (Å²) in [6.07, 6.45) is -0.866. The van der Waals surface area contributed by atoms with Gasteiger partial charge in [0, 0.05) is 5.92 Å². The van der Waals surface area contributed by atoms with E-state index in [1.54, 1.807) is 13.8 Å². The zero-order valence-corrected chi connectivity index (χ0v) is 9.11. The van der Waals surface area contributed by atoms with Gasteiger partial charge in [0.2, 0.25) is 0 Å². The number of carbonyl (C=O) groups excluding carboxylic acids is 2. The van der Waals surface area contributed by atoms with E-state index in [0.717, 1.165) is 0 Å². The number of hydrogen-bond acceptors (Lipinski definition) is 4. The molecule has 0 radical (unpaired) electrons. The molecule has 0 saturated carbocycles. The number of ether oxygens (including phenoxy) is 1. The highest BCUT2D eigenvalue weighted by atomic mass is 16.5. The smallest absolute Gasteiger partial charge is 0.306 e. The molecule has 0 aliphatic carbocycles. The maximum absolute atomic E-state index is 11.6. The minimum atomic E-state index is -0.816. The topological polar surface area (TPSA) is 63.6 Å². The number of rotatable bonds is 5. The van der Waals surface area contributed by atoms with Gasteiger partial charge in [-0.1, -0.05) is 13.8 Å². The minimum Gasteiger partial charge on any atom is -0.469 e. The van der Waals surface area contributed by atoms with Crippen molar-refractivity contribution in [1.82, 2.24) is 0 Å². The Bertz CT molecular complexity index is 208. The Morgan fingerprint density at radius 2 is 1.79 bits per heavy atom. The van der Waals surface area contributed by atoms with Crippen LogP contribution in [0.25, 0.3) is 0 Å². The van der Waals surface area contributed by atoms with E-state index in [4.69, 9.17) is 0 Å². The van der Waals surface area contributed by atoms with Crippen LogP contribution in [0.2, 0.25) is 0 Å². The summed E-state index contributed by atoms with van der Waals surface area (Å²) < 4.78 is 4.46. The van der Waals surface area contributed by atoms with Crippen molar-refractivity contribution in [2.24, 2.45) is 11.8 Å². The van der Waals surface area contributed by atoms with Crippen molar-refractivity contribution in [2.75, 3.05) is 7.11 Å². The molecule has 0 rings (SSSR count). The Kier molecular flexibility index (Phi) is 5.38. The van der Waals surface area contributed by atoms with Crippen LogP contribution in [0.5, 0.6) is 0 Å². The van der Waals surface area contributed by atoms with E-state index >= 15 is 0 Å². The highest BCUT2D eigenvalue weighted by Gasteiger charge is 2.28. The molecule has 1 N–H and O–H groups in total. The minimum absolute atomic E-state index is 0.0504. The average Bonchev–Trinajstić information content (AvgIpc) is 2.11. The van der Waals surface area contributed by atoms with E-state index in [1.807, 2.05) is 0 Å². The molecule has 0 bridgehead atoms. The van der Waals surface area contributed by atoms with Crippen molar-refractivity contribution in [2.45, 2.75) is 33.3 Å². The fourth-order valence-corrected chi connectivity index (χ4v) is 1.20. The molecule has 0 unspecified atom stereocenters. The molecule has 4 nitrogen and oxygen atoms in total. The summed E-state index contributed by atoms with van der Waals surface area (Å²) in [5.74, 6) is -1.41. The normalized spacial score (nSPS) is 15.0. The lowest BCUT2D eigenvalue weighted by Gasteiger charge is -2.19. The summed E-state index contributed by atoms with van der Waals surface area (Å²) >= 11 is 0. The zero-order valence-electron chi connectivity index (χ0n) is 9.11. The molecule has 82 valence electrons. The van der Waals surface area contributed by atoms with Crippen LogP contribution in [0, 0.1) is 11.8 Å². The number of carbonyl (C=O) groups is 2. The molecule has 2 atom stereocenters. The lowest BCUT2D eigenvalue weighted by atomic mass is 9.88. The van der Waals surface area contributed by atoms with Crippen molar-refractivity contribution in [1.29, 1.82) is 0 Å². The number of esters is 1. The van der Waals surface area contributed by atoms with E-state index in [-0.39, 0.29) is 18.1 Å². The molecule has 0 heterocycles. The fraction of sp³-hybridized carbons (Fsp3) is 0.800. The quantitative estimate of drug-likeness (QED) is 0.669. The molecule has 0 aromatic carbocycles. The second-order valence-electron chi connectivity index (χ2n) is 3.68. The van der Waals surface area contributed by atoms with Crippen molar-refractivity contribution < 1.29 is 19.4 Å². The number of aliphatic hydroxyl groups excluding tert-OH is 1. The van der Waals surface area contributed by atoms with Gasteiger partial charge < -0.3 is 9.84 Å². The van der Waals surface area contributed by atoms with E-state index in [1.165, 1.54) is 14.0 Å². The molecule has 0 aliphatic heterocycles. The second-order valence-corrected chi connectivity index (χ2v) is 3.68. The largest absolute Gasteiger partial charge is 0.469 e. The SMILES string of the molecule is COC(=O)C[C@@H](C(=O)C(C)C)[C@@H](C)O. The van der Waals surface area contributed by atoms with E-state index < -0.39 is 18.0 Å². The predicted octanol–water partition coefficient (Wildman–Crippen LogP) is 0.772. The molecule has 14 heavy (non-hydrogen) atoms. The first-order chi connectivity index (χ1) is 6.40. The molecule has 4 heteroatoms. The summed E-state index contributed by atoms with van der Waals surface area (Å²) in [6, 6.07) is 0. The molecule has 0 fully saturated rings. The summed E-state index contributed by atoms with van der Waals surface area (Å²) in [5, 5.41) is 9.35. The highest BCUT2D eigenvalue weighted by molar-refractivity contribution is 5.87. The first kappa shape index (κ1) is 13.1. The van der Waals surface area contributed by atoms with Gasteiger partial charge in [-0.05, 0) is 6.92 Å². The fourth-order valence-electron chi connectivity index (χ4n) is 1.20. The van der Waals surface area contributed by atoms with Crippen molar-refractivity contribution in [3.63, 3.8) is 0 Å². The number of aliphatic hydroxyl groups is 1. The Morgan fingerprint density at radius 1 is 1.29 bits per heavy atom. The summed E-state index contributed by atoms with van der Waals surface area (Å²) in [5.41, 5.74) is 0. The number of ketones is 1. The molecule has 0 saturated heterocycles. The van der Waals surface area contributed by atoms with Crippen LogP contribution in [0.1, 0.15) is 27.2 Å². The van der Waals surface area contributed by atoms with Gasteiger partial charge in [-0.25, -0.2) is 0 Å². The third-order valence-corrected chi connectivity index (χ3v) is 2.13. The lowest BCUT2D eigenvalue weighted by molar-refractivity contribution is -0.146. The van der Waals surface area contributed by atoms with Gasteiger partial charge in [0.15, 0.2) is 0 Å². The van der Waals surface area contributed by atoms with Gasteiger partial charge >= 0.3 is 5.97 Å². The van der Waals surface area contributed by atoms with Gasteiger partial charge in [-0.15, -0.1) is 0 Å². The molecule has 0 aliphatic rings. The van der Waals surface area contributed by atoms with Crippen molar-refractivity contribution in [3.8, 4) is 0 Å². The van der Waals surface area contributed by atoms with Crippen LogP contribution >= 0.6 is 0 Å². The zero-order chi connectivity index (χ0) is 11.3. The lowest BCUT2D eigenvalue weighted by Crippen LogP contribution is -2.31. The summed E-state index contributed by atoms with van der Waals surface area (Å²) in [4.78, 5) is 22.5. The molecule has 0 amide bonds. The maximum Gasteiger partial charge on any atom is 0.306 e. The standard InChI is InChI=1S/C10H18O4/c1-6(2)10(13)8(7(3)11)5-9(12)14-4/h6-8,11H,5H2,1-4H3/t7-,8-/m1/s1.